The van der Waals surface area contributed by atoms with Gasteiger partial charge in [-0.1, -0.05) is 51.1 Å². The third-order valence-electron chi connectivity index (χ3n) is 3.23. The number of carbonyl (C=O) groups excluding carboxylic acids is 1. The summed E-state index contributed by atoms with van der Waals surface area (Å²) in [5.41, 5.74) is 1.14. The lowest BCUT2D eigenvalue weighted by molar-refractivity contribution is -0.121. The second kappa shape index (κ2) is 8.87. The van der Waals surface area contributed by atoms with Gasteiger partial charge in [0.05, 0.1) is 0 Å². The number of ketones is 1. The van der Waals surface area contributed by atoms with Crippen LogP contribution in [-0.4, -0.2) is 19.0 Å². The van der Waals surface area contributed by atoms with Crippen LogP contribution in [0, 0.1) is 5.92 Å². The number of benzene rings is 1. The highest BCUT2D eigenvalue weighted by molar-refractivity contribution is 5.86. The molecule has 0 saturated carbocycles. The molecule has 0 aromatic heterocycles. The lowest BCUT2D eigenvalue weighted by atomic mass is 9.83. The molecule has 0 aliphatic heterocycles. The summed E-state index contributed by atoms with van der Waals surface area (Å²) >= 11 is 0. The number of Topliss-reactive ketones (excluding diaryl/α,β-unsaturated/α-hetero) is 1. The second-order valence-electron chi connectivity index (χ2n) is 5.31. The Kier molecular flexibility index (Phi) is 7.42. The molecule has 0 bridgehead atoms. The van der Waals surface area contributed by atoms with E-state index < -0.39 is 0 Å². The Bertz CT molecular complexity index is 357. The molecule has 0 saturated heterocycles. The van der Waals surface area contributed by atoms with E-state index in [0.717, 1.165) is 25.0 Å². The number of hydrogen-bond donors (Lipinski definition) is 0. The normalized spacial score (nSPS) is 12.6. The van der Waals surface area contributed by atoms with Gasteiger partial charge in [-0.2, -0.15) is 0 Å². The highest BCUT2D eigenvalue weighted by Gasteiger charge is 2.23. The minimum absolute atomic E-state index is 0.0207. The van der Waals surface area contributed by atoms with Crippen molar-refractivity contribution in [1.29, 1.82) is 0 Å². The van der Waals surface area contributed by atoms with Crippen molar-refractivity contribution in [2.75, 3.05) is 13.2 Å². The van der Waals surface area contributed by atoms with Crippen molar-refractivity contribution in [3.05, 3.63) is 35.9 Å². The number of carbonyl (C=O) groups is 1. The Labute approximate surface area is 117 Å². The quantitative estimate of drug-likeness (QED) is 0.623. The van der Waals surface area contributed by atoms with Gasteiger partial charge in [-0.05, 0) is 24.3 Å². The zero-order chi connectivity index (χ0) is 14.1. The fourth-order valence-electron chi connectivity index (χ4n) is 2.35. The van der Waals surface area contributed by atoms with Crippen LogP contribution in [0.5, 0.6) is 0 Å². The van der Waals surface area contributed by atoms with Crippen LogP contribution in [0.2, 0.25) is 0 Å². The predicted molar refractivity (Wildman–Crippen MR) is 79.4 cm³/mol. The molecule has 1 rings (SSSR count). The van der Waals surface area contributed by atoms with Gasteiger partial charge >= 0.3 is 0 Å². The van der Waals surface area contributed by atoms with Crippen molar-refractivity contribution in [3.8, 4) is 0 Å². The standard InChI is InChI=1S/C17H26O2/c1-4-12-19-13-8-11-16(18)17(14(2)3)15-9-6-5-7-10-15/h5-7,9-10,14,17H,4,8,11-13H2,1-3H3. The highest BCUT2D eigenvalue weighted by atomic mass is 16.5. The van der Waals surface area contributed by atoms with E-state index >= 15 is 0 Å². The van der Waals surface area contributed by atoms with Gasteiger partial charge in [0.1, 0.15) is 5.78 Å². The van der Waals surface area contributed by atoms with E-state index in [4.69, 9.17) is 4.74 Å². The van der Waals surface area contributed by atoms with Gasteiger partial charge in [0.25, 0.3) is 0 Å². The maximum absolute atomic E-state index is 12.4. The predicted octanol–water partition coefficient (Wildman–Crippen LogP) is 4.20. The smallest absolute Gasteiger partial charge is 0.140 e. The van der Waals surface area contributed by atoms with Gasteiger partial charge < -0.3 is 4.74 Å². The first-order valence-corrected chi connectivity index (χ1v) is 7.32. The SMILES string of the molecule is CCCOCCCC(=O)C(c1ccccc1)C(C)C. The van der Waals surface area contributed by atoms with E-state index in [1.807, 2.05) is 18.2 Å². The lowest BCUT2D eigenvalue weighted by Crippen LogP contribution is -2.18. The van der Waals surface area contributed by atoms with Crippen molar-refractivity contribution in [1.82, 2.24) is 0 Å². The van der Waals surface area contributed by atoms with Crippen molar-refractivity contribution >= 4 is 5.78 Å². The number of ether oxygens (including phenoxy) is 1. The van der Waals surface area contributed by atoms with E-state index in [1.54, 1.807) is 0 Å². The molecule has 0 N–H and O–H groups in total. The molecule has 19 heavy (non-hydrogen) atoms. The summed E-state index contributed by atoms with van der Waals surface area (Å²) in [5, 5.41) is 0. The molecule has 2 nitrogen and oxygen atoms in total. The zero-order valence-corrected chi connectivity index (χ0v) is 12.4. The highest BCUT2D eigenvalue weighted by Crippen LogP contribution is 2.26. The van der Waals surface area contributed by atoms with Crippen LogP contribution in [0.3, 0.4) is 0 Å². The molecule has 1 atom stereocenters. The molecule has 0 spiro atoms. The van der Waals surface area contributed by atoms with Crippen LogP contribution in [0.1, 0.15) is 51.5 Å². The van der Waals surface area contributed by atoms with Crippen molar-refractivity contribution in [3.63, 3.8) is 0 Å². The molecule has 106 valence electrons. The van der Waals surface area contributed by atoms with Gasteiger partial charge in [-0.3, -0.25) is 4.79 Å². The lowest BCUT2D eigenvalue weighted by Gasteiger charge is -2.20. The average molecular weight is 262 g/mol. The van der Waals surface area contributed by atoms with E-state index in [-0.39, 0.29) is 5.92 Å². The fraction of sp³-hybridized carbons (Fsp3) is 0.588. The topological polar surface area (TPSA) is 26.3 Å². The molecule has 1 aromatic rings. The van der Waals surface area contributed by atoms with Crippen molar-refractivity contribution in [2.24, 2.45) is 5.92 Å². The molecule has 0 aliphatic rings. The number of rotatable bonds is 9. The maximum Gasteiger partial charge on any atom is 0.140 e. The molecule has 0 aliphatic carbocycles. The van der Waals surface area contributed by atoms with Gasteiger partial charge in [0.15, 0.2) is 0 Å². The van der Waals surface area contributed by atoms with Crippen LogP contribution < -0.4 is 0 Å². The minimum Gasteiger partial charge on any atom is -0.381 e. The molecular weight excluding hydrogens is 236 g/mol. The van der Waals surface area contributed by atoms with E-state index in [2.05, 4.69) is 32.9 Å². The monoisotopic (exact) mass is 262 g/mol. The largest absolute Gasteiger partial charge is 0.381 e. The Hall–Kier alpha value is -1.15. The van der Waals surface area contributed by atoms with Crippen LogP contribution in [-0.2, 0) is 9.53 Å². The van der Waals surface area contributed by atoms with Crippen LogP contribution >= 0.6 is 0 Å². The summed E-state index contributed by atoms with van der Waals surface area (Å²) in [6.07, 6.45) is 2.48. The van der Waals surface area contributed by atoms with Crippen molar-refractivity contribution in [2.45, 2.75) is 46.0 Å². The third-order valence-corrected chi connectivity index (χ3v) is 3.23. The Morgan fingerprint density at radius 3 is 2.42 bits per heavy atom. The van der Waals surface area contributed by atoms with Gasteiger partial charge in [0, 0.05) is 25.6 Å². The van der Waals surface area contributed by atoms with Crippen LogP contribution in [0.4, 0.5) is 0 Å². The summed E-state index contributed by atoms with van der Waals surface area (Å²) < 4.78 is 5.43. The Balaban J connectivity index is 2.51. The first-order valence-electron chi connectivity index (χ1n) is 7.32. The average Bonchev–Trinajstić information content (AvgIpc) is 2.39. The Morgan fingerprint density at radius 2 is 1.84 bits per heavy atom. The summed E-state index contributed by atoms with van der Waals surface area (Å²) in [5.74, 6) is 0.695. The summed E-state index contributed by atoms with van der Waals surface area (Å²) in [6, 6.07) is 10.1. The molecule has 0 fully saturated rings. The first kappa shape index (κ1) is 15.9. The van der Waals surface area contributed by atoms with Crippen LogP contribution in [0.15, 0.2) is 30.3 Å². The molecule has 0 radical (unpaired) electrons. The second-order valence-corrected chi connectivity index (χ2v) is 5.31. The van der Waals surface area contributed by atoms with E-state index in [9.17, 15) is 4.79 Å². The van der Waals surface area contributed by atoms with E-state index in [0.29, 0.717) is 24.7 Å². The molecule has 0 amide bonds. The van der Waals surface area contributed by atoms with Gasteiger partial charge in [0.2, 0.25) is 0 Å². The summed E-state index contributed by atoms with van der Waals surface area (Å²) in [7, 11) is 0. The third kappa shape index (κ3) is 5.56. The molecular formula is C17H26O2. The van der Waals surface area contributed by atoms with Crippen molar-refractivity contribution < 1.29 is 9.53 Å². The van der Waals surface area contributed by atoms with Gasteiger partial charge in [-0.15, -0.1) is 0 Å². The molecule has 1 aromatic carbocycles. The maximum atomic E-state index is 12.4. The zero-order valence-electron chi connectivity index (χ0n) is 12.4. The molecule has 0 heterocycles. The molecule has 2 heteroatoms. The van der Waals surface area contributed by atoms with Gasteiger partial charge in [-0.25, -0.2) is 0 Å². The van der Waals surface area contributed by atoms with Crippen LogP contribution in [0.25, 0.3) is 0 Å². The minimum atomic E-state index is 0.0207. The van der Waals surface area contributed by atoms with E-state index in [1.165, 1.54) is 0 Å². The summed E-state index contributed by atoms with van der Waals surface area (Å²) in [6.45, 7) is 7.81. The first-order chi connectivity index (χ1) is 9.16. The molecule has 1 unspecified atom stereocenters. The summed E-state index contributed by atoms with van der Waals surface area (Å²) in [4.78, 5) is 12.4. The fourth-order valence-corrected chi connectivity index (χ4v) is 2.35. The Morgan fingerprint density at radius 1 is 1.16 bits per heavy atom. The number of hydrogen-bond acceptors (Lipinski definition) is 2.